The number of nitrogens with one attached hydrogen (secondary N) is 2. The lowest BCUT2D eigenvalue weighted by Gasteiger charge is -2.18. The van der Waals surface area contributed by atoms with Gasteiger partial charge in [0.05, 0.1) is 18.3 Å². The molecule has 2 heterocycles. The molecular weight excluding hydrogens is 435 g/mol. The highest BCUT2D eigenvalue weighted by atomic mass is 35.5. The third kappa shape index (κ3) is 4.42. The first-order valence-corrected chi connectivity index (χ1v) is 9.15. The lowest BCUT2D eigenvalue weighted by molar-refractivity contribution is -0.143. The summed E-state index contributed by atoms with van der Waals surface area (Å²) in [7, 11) is 0. The van der Waals surface area contributed by atoms with Gasteiger partial charge in [0, 0.05) is 23.7 Å². The maximum absolute atomic E-state index is 13.6. The normalized spacial score (nSPS) is 14.1. The van der Waals surface area contributed by atoms with E-state index in [9.17, 15) is 18.0 Å². The second kappa shape index (κ2) is 8.02. The van der Waals surface area contributed by atoms with Crippen LogP contribution in [0.4, 0.5) is 13.2 Å². The average molecular weight is 448 g/mol. The first-order chi connectivity index (χ1) is 13.2. The van der Waals surface area contributed by atoms with E-state index in [1.807, 2.05) is 0 Å². The number of aromatic nitrogens is 2. The predicted octanol–water partition coefficient (Wildman–Crippen LogP) is 2.68. The van der Waals surface area contributed by atoms with Crippen molar-refractivity contribution in [2.45, 2.75) is 12.6 Å². The largest absolute Gasteiger partial charge is 0.433 e. The molecular formula is C16H13ClF3N5OS2. The molecule has 0 spiro atoms. The van der Waals surface area contributed by atoms with Crippen molar-refractivity contribution in [2.24, 2.45) is 0 Å². The molecule has 3 rings (SSSR count). The van der Waals surface area contributed by atoms with Gasteiger partial charge in [0.15, 0.2) is 15.9 Å². The van der Waals surface area contributed by atoms with Crippen LogP contribution in [0.5, 0.6) is 0 Å². The van der Waals surface area contributed by atoms with Crippen molar-refractivity contribution in [3.05, 3.63) is 46.7 Å². The number of hydrogen-bond acceptors (Lipinski definition) is 4. The zero-order chi connectivity index (χ0) is 20.5. The first-order valence-electron chi connectivity index (χ1n) is 7.96. The third-order valence-corrected chi connectivity index (χ3v) is 4.82. The van der Waals surface area contributed by atoms with Crippen molar-refractivity contribution in [2.75, 3.05) is 13.1 Å². The first kappa shape index (κ1) is 20.5. The number of carbonyl (C=O) groups is 1. The van der Waals surface area contributed by atoms with E-state index in [0.717, 1.165) is 10.9 Å². The number of rotatable bonds is 3. The lowest BCUT2D eigenvalue weighted by atomic mass is 10.1. The van der Waals surface area contributed by atoms with Crippen LogP contribution in [-0.4, -0.2) is 43.9 Å². The van der Waals surface area contributed by atoms with Crippen molar-refractivity contribution in [3.63, 3.8) is 0 Å². The number of alkyl halides is 3. The van der Waals surface area contributed by atoms with E-state index < -0.39 is 24.2 Å². The van der Waals surface area contributed by atoms with Gasteiger partial charge in [-0.05, 0) is 48.7 Å². The molecule has 0 unspecified atom stereocenters. The zero-order valence-corrected chi connectivity index (χ0v) is 16.5. The number of hydrogen-bond donors (Lipinski definition) is 2. The maximum Gasteiger partial charge on any atom is 0.433 e. The van der Waals surface area contributed by atoms with E-state index in [-0.39, 0.29) is 16.4 Å². The van der Waals surface area contributed by atoms with Gasteiger partial charge in [-0.1, -0.05) is 11.6 Å². The Hall–Kier alpha value is -2.24. The minimum Gasteiger partial charge on any atom is -0.360 e. The quantitative estimate of drug-likeness (QED) is 0.705. The molecule has 1 aliphatic heterocycles. The number of nitrogens with zero attached hydrogens (tertiary/aromatic N) is 3. The van der Waals surface area contributed by atoms with Gasteiger partial charge < -0.3 is 10.6 Å². The molecule has 12 heteroatoms. The molecule has 6 nitrogen and oxygen atoms in total. The molecule has 0 saturated carbocycles. The van der Waals surface area contributed by atoms with Gasteiger partial charge in [-0.25, -0.2) is 4.68 Å². The van der Waals surface area contributed by atoms with E-state index in [4.69, 9.17) is 36.0 Å². The fourth-order valence-corrected chi connectivity index (χ4v) is 3.43. The van der Waals surface area contributed by atoms with Gasteiger partial charge in [0.1, 0.15) is 0 Å². The lowest BCUT2D eigenvalue weighted by Crippen LogP contribution is -2.44. The van der Waals surface area contributed by atoms with Crippen LogP contribution in [-0.2, 0) is 17.4 Å². The number of amides is 1. The van der Waals surface area contributed by atoms with Crippen LogP contribution in [0, 0.1) is 0 Å². The Labute approximate surface area is 173 Å². The summed E-state index contributed by atoms with van der Waals surface area (Å²) in [5, 5.41) is 9.86. The van der Waals surface area contributed by atoms with Gasteiger partial charge >= 0.3 is 6.18 Å². The van der Waals surface area contributed by atoms with Crippen molar-refractivity contribution in [1.29, 1.82) is 0 Å². The van der Waals surface area contributed by atoms with Gasteiger partial charge in [-0.3, -0.25) is 9.69 Å². The minimum atomic E-state index is -4.72. The summed E-state index contributed by atoms with van der Waals surface area (Å²) >= 11 is 15.9. The van der Waals surface area contributed by atoms with Gasteiger partial charge in [0.25, 0.3) is 0 Å². The van der Waals surface area contributed by atoms with Crippen LogP contribution in [0.2, 0.25) is 5.02 Å². The smallest absolute Gasteiger partial charge is 0.360 e. The van der Waals surface area contributed by atoms with Crippen LogP contribution < -0.4 is 10.6 Å². The summed E-state index contributed by atoms with van der Waals surface area (Å²) in [4.78, 5) is 13.7. The summed E-state index contributed by atoms with van der Waals surface area (Å²) in [6.45, 7) is 1.04. The Bertz CT molecular complexity index is 929. The number of thiocarbonyl (C=S) groups is 2. The molecule has 1 saturated heterocycles. The average Bonchev–Trinajstić information content (AvgIpc) is 3.21. The Morgan fingerprint density at radius 1 is 1.32 bits per heavy atom. The second-order valence-electron chi connectivity index (χ2n) is 5.82. The van der Waals surface area contributed by atoms with Crippen molar-refractivity contribution >= 4 is 52.2 Å². The maximum atomic E-state index is 13.6. The molecule has 148 valence electrons. The van der Waals surface area contributed by atoms with E-state index in [2.05, 4.69) is 15.7 Å². The third-order valence-electron chi connectivity index (χ3n) is 3.88. The Balaban J connectivity index is 1.82. The fraction of sp³-hybridized carbons (Fsp3) is 0.250. The highest BCUT2D eigenvalue weighted by Gasteiger charge is 2.39. The summed E-state index contributed by atoms with van der Waals surface area (Å²) in [6, 6.07) is 5.72. The molecule has 0 radical (unpaired) electrons. The van der Waals surface area contributed by atoms with Gasteiger partial charge in [0.2, 0.25) is 5.91 Å². The van der Waals surface area contributed by atoms with Crippen LogP contribution in [0.3, 0.4) is 0 Å². The van der Waals surface area contributed by atoms with Crippen molar-refractivity contribution < 1.29 is 18.0 Å². The molecule has 1 aromatic carbocycles. The van der Waals surface area contributed by atoms with Crippen LogP contribution >= 0.6 is 36.0 Å². The molecule has 28 heavy (non-hydrogen) atoms. The minimum absolute atomic E-state index is 0.0404. The van der Waals surface area contributed by atoms with Gasteiger partial charge in [-0.15, -0.1) is 0 Å². The highest BCUT2D eigenvalue weighted by molar-refractivity contribution is 7.81. The van der Waals surface area contributed by atoms with E-state index in [1.54, 1.807) is 0 Å². The molecule has 0 bridgehead atoms. The molecule has 0 atom stereocenters. The molecule has 2 N–H and O–H groups in total. The molecule has 1 fully saturated rings. The highest BCUT2D eigenvalue weighted by Crippen LogP contribution is 2.34. The monoisotopic (exact) mass is 447 g/mol. The fourth-order valence-electron chi connectivity index (χ4n) is 2.66. The van der Waals surface area contributed by atoms with Gasteiger partial charge in [-0.2, -0.15) is 18.3 Å². The van der Waals surface area contributed by atoms with Crippen molar-refractivity contribution in [3.8, 4) is 5.69 Å². The molecule has 2 aromatic rings. The van der Waals surface area contributed by atoms with E-state index >= 15 is 0 Å². The Morgan fingerprint density at radius 3 is 2.57 bits per heavy atom. The molecule has 1 amide bonds. The Morgan fingerprint density at radius 2 is 2.00 bits per heavy atom. The van der Waals surface area contributed by atoms with Crippen LogP contribution in [0.25, 0.3) is 5.69 Å². The summed E-state index contributed by atoms with van der Waals surface area (Å²) in [5.41, 5.74) is -1.13. The SMILES string of the molecule is O=C(Cc1cnn(-c2ccc(Cl)cc2)c1C(F)(F)F)NC(=S)N1CCNC1=S. The molecule has 1 aliphatic rings. The summed E-state index contributed by atoms with van der Waals surface area (Å²) < 4.78 is 41.6. The zero-order valence-electron chi connectivity index (χ0n) is 14.1. The topological polar surface area (TPSA) is 62.2 Å². The molecule has 1 aromatic heterocycles. The summed E-state index contributed by atoms with van der Waals surface area (Å²) in [6.07, 6.45) is -4.24. The van der Waals surface area contributed by atoms with Crippen molar-refractivity contribution in [1.82, 2.24) is 25.3 Å². The summed E-state index contributed by atoms with van der Waals surface area (Å²) in [5.74, 6) is -0.694. The standard InChI is InChI=1S/C16H13ClF3N5OS2/c17-10-1-3-11(4-2-10)25-13(16(18,19)20)9(8-22-25)7-12(26)23-15(28)24-6-5-21-14(24)27/h1-4,8H,5-7H2,(H,21,27)(H,23,26,28). The number of carbonyl (C=O) groups excluding carboxylic acids is 1. The van der Waals surface area contributed by atoms with E-state index in [1.165, 1.54) is 29.2 Å². The molecule has 0 aliphatic carbocycles. The van der Waals surface area contributed by atoms with Crippen LogP contribution in [0.1, 0.15) is 11.3 Å². The predicted molar refractivity (Wildman–Crippen MR) is 105 cm³/mol. The Kier molecular flexibility index (Phi) is 5.87. The number of benzene rings is 1. The van der Waals surface area contributed by atoms with E-state index in [0.29, 0.717) is 23.2 Å². The van der Waals surface area contributed by atoms with Crippen LogP contribution in [0.15, 0.2) is 30.5 Å². The number of halogens is 4. The second-order valence-corrected chi connectivity index (χ2v) is 7.03.